The van der Waals surface area contributed by atoms with E-state index in [-0.39, 0.29) is 12.6 Å². The summed E-state index contributed by atoms with van der Waals surface area (Å²) in [7, 11) is 0. The Kier molecular flexibility index (Phi) is 6.38. The van der Waals surface area contributed by atoms with E-state index in [4.69, 9.17) is 5.11 Å². The van der Waals surface area contributed by atoms with Crippen molar-refractivity contribution < 1.29 is 9.90 Å². The van der Waals surface area contributed by atoms with Crippen LogP contribution in [-0.2, 0) is 13.0 Å². The molecule has 0 bridgehead atoms. The van der Waals surface area contributed by atoms with E-state index in [1.165, 1.54) is 4.90 Å². The highest BCUT2D eigenvalue weighted by molar-refractivity contribution is 7.09. The van der Waals surface area contributed by atoms with E-state index in [2.05, 4.69) is 16.9 Å². The van der Waals surface area contributed by atoms with Crippen LogP contribution in [0.25, 0.3) is 0 Å². The number of nitrogens with zero attached hydrogens (tertiary/aromatic N) is 2. The average molecular weight is 269 g/mol. The summed E-state index contributed by atoms with van der Waals surface area (Å²) >= 11 is 1.60. The zero-order valence-corrected chi connectivity index (χ0v) is 11.4. The predicted octanol–water partition coefficient (Wildman–Crippen LogP) is 1.40. The molecule has 1 rings (SSSR count). The van der Waals surface area contributed by atoms with Gasteiger partial charge in [0.25, 0.3) is 0 Å². The molecule has 5 nitrogen and oxygen atoms in total. The number of aliphatic hydroxyl groups excluding tert-OH is 1. The number of hydrogen-bond donors (Lipinski definition) is 2. The lowest BCUT2D eigenvalue weighted by atomic mass is 10.4. The van der Waals surface area contributed by atoms with Crippen LogP contribution in [0.1, 0.15) is 17.6 Å². The quantitative estimate of drug-likeness (QED) is 0.735. The van der Waals surface area contributed by atoms with Gasteiger partial charge >= 0.3 is 6.03 Å². The number of carbonyl (C=O) groups is 1. The molecule has 0 spiro atoms. The molecule has 2 amide bonds. The molecule has 0 aliphatic rings. The smallest absolute Gasteiger partial charge is 0.318 e. The molecular formula is C12H19N3O2S. The van der Waals surface area contributed by atoms with Gasteiger partial charge in [-0.3, -0.25) is 0 Å². The maximum absolute atomic E-state index is 11.8. The van der Waals surface area contributed by atoms with Gasteiger partial charge in [-0.2, -0.15) is 0 Å². The van der Waals surface area contributed by atoms with Crippen LogP contribution in [0.4, 0.5) is 4.79 Å². The zero-order valence-electron chi connectivity index (χ0n) is 10.6. The van der Waals surface area contributed by atoms with E-state index >= 15 is 0 Å². The Hall–Kier alpha value is -1.40. The summed E-state index contributed by atoms with van der Waals surface area (Å²) < 4.78 is 0. The van der Waals surface area contributed by atoms with Crippen molar-refractivity contribution in [3.05, 3.63) is 28.7 Å². The number of urea groups is 1. The maximum atomic E-state index is 11.8. The van der Waals surface area contributed by atoms with Gasteiger partial charge in [-0.05, 0) is 6.42 Å². The number of carbonyl (C=O) groups excluding carboxylic acids is 1. The summed E-state index contributed by atoms with van der Waals surface area (Å²) in [6.45, 7) is 6.71. The third-order valence-electron chi connectivity index (χ3n) is 2.33. The van der Waals surface area contributed by atoms with Gasteiger partial charge in [-0.15, -0.1) is 17.9 Å². The first-order chi connectivity index (χ1) is 8.71. The number of thiazole rings is 1. The number of nitrogens with one attached hydrogen (secondary N) is 1. The number of hydrogen-bond acceptors (Lipinski definition) is 4. The Morgan fingerprint density at radius 3 is 3.06 bits per heavy atom. The van der Waals surface area contributed by atoms with Gasteiger partial charge in [0.15, 0.2) is 0 Å². The van der Waals surface area contributed by atoms with Crippen molar-refractivity contribution in [1.29, 1.82) is 0 Å². The lowest BCUT2D eigenvalue weighted by Crippen LogP contribution is -2.41. The molecule has 100 valence electrons. The highest BCUT2D eigenvalue weighted by atomic mass is 32.1. The molecule has 0 unspecified atom stereocenters. The Bertz CT molecular complexity index is 392. The van der Waals surface area contributed by atoms with Crippen molar-refractivity contribution >= 4 is 17.4 Å². The minimum absolute atomic E-state index is 0.0576. The molecule has 0 atom stereocenters. The molecule has 0 saturated carbocycles. The van der Waals surface area contributed by atoms with Crippen molar-refractivity contribution in [2.75, 3.05) is 19.7 Å². The summed E-state index contributed by atoms with van der Waals surface area (Å²) in [5.74, 6) is 0. The highest BCUT2D eigenvalue weighted by Gasteiger charge is 2.11. The standard InChI is InChI=1S/C12H19N3O2S/c1-3-5-15(6-7-16)12(17)13-8-10-9-18-11(4-2)14-10/h3,9,16H,1,4-8H2,2H3,(H,13,17). The molecule has 6 heteroatoms. The fourth-order valence-corrected chi connectivity index (χ4v) is 2.17. The molecule has 1 heterocycles. The van der Waals surface area contributed by atoms with Crippen molar-refractivity contribution in [1.82, 2.24) is 15.2 Å². The second-order valence-corrected chi connectivity index (χ2v) is 4.65. The Balaban J connectivity index is 2.45. The molecule has 0 fully saturated rings. The van der Waals surface area contributed by atoms with Crippen molar-refractivity contribution in [3.63, 3.8) is 0 Å². The summed E-state index contributed by atoms with van der Waals surface area (Å²) in [6, 6.07) is -0.213. The first kappa shape index (κ1) is 14.7. The third kappa shape index (κ3) is 4.46. The summed E-state index contributed by atoms with van der Waals surface area (Å²) in [4.78, 5) is 17.7. The fourth-order valence-electron chi connectivity index (χ4n) is 1.42. The van der Waals surface area contributed by atoms with Crippen molar-refractivity contribution in [3.8, 4) is 0 Å². The van der Waals surface area contributed by atoms with Crippen LogP contribution in [-0.4, -0.2) is 40.7 Å². The molecule has 0 aliphatic heterocycles. The number of aliphatic hydroxyl groups is 1. The van der Waals surface area contributed by atoms with Gasteiger partial charge in [0, 0.05) is 18.5 Å². The second-order valence-electron chi connectivity index (χ2n) is 3.70. The Labute approximate surface area is 111 Å². The summed E-state index contributed by atoms with van der Waals surface area (Å²) in [5, 5.41) is 14.7. The molecule has 1 aromatic heterocycles. The normalized spacial score (nSPS) is 10.1. The molecule has 0 aliphatic carbocycles. The average Bonchev–Trinajstić information content (AvgIpc) is 2.83. The monoisotopic (exact) mass is 269 g/mol. The third-order valence-corrected chi connectivity index (χ3v) is 3.37. The predicted molar refractivity (Wildman–Crippen MR) is 72.6 cm³/mol. The maximum Gasteiger partial charge on any atom is 0.318 e. The van der Waals surface area contributed by atoms with E-state index in [9.17, 15) is 4.79 Å². The zero-order chi connectivity index (χ0) is 13.4. The van der Waals surface area contributed by atoms with Crippen LogP contribution in [0.3, 0.4) is 0 Å². The lowest BCUT2D eigenvalue weighted by Gasteiger charge is -2.20. The van der Waals surface area contributed by atoms with Gasteiger partial charge in [0.05, 0.1) is 23.9 Å². The van der Waals surface area contributed by atoms with Gasteiger partial charge < -0.3 is 15.3 Å². The van der Waals surface area contributed by atoms with Crippen LogP contribution in [0.15, 0.2) is 18.0 Å². The van der Waals surface area contributed by atoms with Crippen LogP contribution < -0.4 is 5.32 Å². The molecule has 0 saturated heterocycles. The number of aryl methyl sites for hydroxylation is 1. The molecule has 18 heavy (non-hydrogen) atoms. The van der Waals surface area contributed by atoms with E-state index < -0.39 is 0 Å². The number of amides is 2. The molecule has 1 aromatic rings. The summed E-state index contributed by atoms with van der Waals surface area (Å²) in [6.07, 6.45) is 2.54. The first-order valence-electron chi connectivity index (χ1n) is 5.89. The fraction of sp³-hybridized carbons (Fsp3) is 0.500. The van der Waals surface area contributed by atoms with E-state index in [1.807, 2.05) is 12.3 Å². The van der Waals surface area contributed by atoms with Crippen LogP contribution in [0.2, 0.25) is 0 Å². The Morgan fingerprint density at radius 1 is 1.72 bits per heavy atom. The minimum atomic E-state index is -0.213. The van der Waals surface area contributed by atoms with E-state index in [0.29, 0.717) is 19.6 Å². The second kappa shape index (κ2) is 7.84. The number of aromatic nitrogens is 1. The van der Waals surface area contributed by atoms with Crippen LogP contribution in [0, 0.1) is 0 Å². The molecule has 0 aromatic carbocycles. The SMILES string of the molecule is C=CCN(CCO)C(=O)NCc1csc(CC)n1. The van der Waals surface area contributed by atoms with Crippen LogP contribution >= 0.6 is 11.3 Å². The largest absolute Gasteiger partial charge is 0.395 e. The van der Waals surface area contributed by atoms with Gasteiger partial charge in [-0.25, -0.2) is 9.78 Å². The summed E-state index contributed by atoms with van der Waals surface area (Å²) in [5.41, 5.74) is 0.868. The lowest BCUT2D eigenvalue weighted by molar-refractivity contribution is 0.183. The molecular weight excluding hydrogens is 250 g/mol. The Morgan fingerprint density at radius 2 is 2.50 bits per heavy atom. The van der Waals surface area contributed by atoms with Gasteiger partial charge in [0.1, 0.15) is 0 Å². The van der Waals surface area contributed by atoms with Gasteiger partial charge in [-0.1, -0.05) is 13.0 Å². The van der Waals surface area contributed by atoms with Crippen LogP contribution in [0.5, 0.6) is 0 Å². The van der Waals surface area contributed by atoms with E-state index in [1.54, 1.807) is 17.4 Å². The van der Waals surface area contributed by atoms with E-state index in [0.717, 1.165) is 17.1 Å². The first-order valence-corrected chi connectivity index (χ1v) is 6.77. The minimum Gasteiger partial charge on any atom is -0.395 e. The molecule has 0 radical (unpaired) electrons. The number of rotatable bonds is 7. The molecule has 2 N–H and O–H groups in total. The highest BCUT2D eigenvalue weighted by Crippen LogP contribution is 2.09. The van der Waals surface area contributed by atoms with Gasteiger partial charge in [0.2, 0.25) is 0 Å². The van der Waals surface area contributed by atoms with Crippen molar-refractivity contribution in [2.24, 2.45) is 0 Å². The topological polar surface area (TPSA) is 65.5 Å². The van der Waals surface area contributed by atoms with Crippen molar-refractivity contribution in [2.45, 2.75) is 19.9 Å².